The van der Waals surface area contributed by atoms with Crippen LogP contribution < -0.4 is 5.32 Å². The second-order valence-electron chi connectivity index (χ2n) is 4.36. The van der Waals surface area contributed by atoms with Gasteiger partial charge >= 0.3 is 0 Å². The topological polar surface area (TPSA) is 72.2 Å². The van der Waals surface area contributed by atoms with Crippen LogP contribution in [-0.2, 0) is 0 Å². The predicted octanol–water partition coefficient (Wildman–Crippen LogP) is 2.29. The van der Waals surface area contributed by atoms with E-state index >= 15 is 0 Å². The number of nitro benzene ring substituents is 1. The van der Waals surface area contributed by atoms with E-state index < -0.39 is 4.92 Å². The second-order valence-corrected chi connectivity index (χ2v) is 4.36. The number of benzene rings is 1. The molecular formula is C12H16N2O3. The third-order valence-electron chi connectivity index (χ3n) is 2.34. The normalized spacial score (nSPS) is 10.4. The minimum atomic E-state index is -0.469. The van der Waals surface area contributed by atoms with E-state index in [0.29, 0.717) is 23.6 Å². The van der Waals surface area contributed by atoms with E-state index in [0.717, 1.165) is 0 Å². The highest BCUT2D eigenvalue weighted by atomic mass is 16.6. The van der Waals surface area contributed by atoms with Crippen molar-refractivity contribution in [2.24, 2.45) is 5.92 Å². The molecule has 1 rings (SSSR count). The summed E-state index contributed by atoms with van der Waals surface area (Å²) < 4.78 is 0. The number of carbonyl (C=O) groups is 1. The van der Waals surface area contributed by atoms with Crippen LogP contribution in [0.2, 0.25) is 0 Å². The second kappa shape index (κ2) is 5.43. The molecule has 0 aliphatic carbocycles. The Kier molecular flexibility index (Phi) is 4.20. The van der Waals surface area contributed by atoms with Crippen LogP contribution >= 0.6 is 0 Å². The number of nitrogens with one attached hydrogen (secondary N) is 1. The number of non-ortho nitro benzene ring substituents is 1. The Bertz CT molecular complexity index is 441. The van der Waals surface area contributed by atoms with E-state index in [1.807, 2.05) is 13.8 Å². The number of nitro groups is 1. The summed E-state index contributed by atoms with van der Waals surface area (Å²) in [5.41, 5.74) is 1.10. The molecule has 0 saturated carbocycles. The van der Waals surface area contributed by atoms with Crippen molar-refractivity contribution in [1.29, 1.82) is 0 Å². The third-order valence-corrected chi connectivity index (χ3v) is 2.34. The minimum Gasteiger partial charge on any atom is -0.352 e. The quantitative estimate of drug-likeness (QED) is 0.644. The molecule has 0 saturated heterocycles. The summed E-state index contributed by atoms with van der Waals surface area (Å²) in [6, 6.07) is 4.24. The van der Waals surface area contributed by atoms with Gasteiger partial charge in [0.15, 0.2) is 0 Å². The molecule has 0 atom stereocenters. The van der Waals surface area contributed by atoms with Crippen LogP contribution in [0.15, 0.2) is 18.2 Å². The van der Waals surface area contributed by atoms with Gasteiger partial charge in [-0.05, 0) is 24.5 Å². The lowest BCUT2D eigenvalue weighted by Crippen LogP contribution is -2.27. The zero-order chi connectivity index (χ0) is 13.0. The summed E-state index contributed by atoms with van der Waals surface area (Å²) >= 11 is 0. The van der Waals surface area contributed by atoms with Crippen LogP contribution in [0, 0.1) is 23.0 Å². The van der Waals surface area contributed by atoms with Gasteiger partial charge in [0.2, 0.25) is 0 Å². The first-order valence-corrected chi connectivity index (χ1v) is 5.45. The zero-order valence-electron chi connectivity index (χ0n) is 10.2. The third kappa shape index (κ3) is 3.55. The average Bonchev–Trinajstić information content (AvgIpc) is 2.25. The van der Waals surface area contributed by atoms with Gasteiger partial charge in [0.25, 0.3) is 11.6 Å². The van der Waals surface area contributed by atoms with Gasteiger partial charge in [0.1, 0.15) is 0 Å². The molecule has 17 heavy (non-hydrogen) atoms. The summed E-state index contributed by atoms with van der Waals surface area (Å²) in [7, 11) is 0. The van der Waals surface area contributed by atoms with E-state index in [2.05, 4.69) is 5.32 Å². The fraction of sp³-hybridized carbons (Fsp3) is 0.417. The Labute approximate surface area is 100.0 Å². The summed E-state index contributed by atoms with van der Waals surface area (Å²) in [6.07, 6.45) is 0. The summed E-state index contributed by atoms with van der Waals surface area (Å²) in [6.45, 7) is 6.29. The molecule has 1 amide bonds. The van der Waals surface area contributed by atoms with Crippen molar-refractivity contribution in [2.45, 2.75) is 20.8 Å². The van der Waals surface area contributed by atoms with Crippen LogP contribution in [0.25, 0.3) is 0 Å². The van der Waals surface area contributed by atoms with Crippen molar-refractivity contribution in [2.75, 3.05) is 6.54 Å². The molecule has 0 aliphatic rings. The van der Waals surface area contributed by atoms with Crippen molar-refractivity contribution in [3.05, 3.63) is 39.4 Å². The maximum absolute atomic E-state index is 11.8. The van der Waals surface area contributed by atoms with Gasteiger partial charge in [0, 0.05) is 24.2 Å². The molecule has 5 heteroatoms. The predicted molar refractivity (Wildman–Crippen MR) is 65.0 cm³/mol. The van der Waals surface area contributed by atoms with E-state index in [1.165, 1.54) is 18.2 Å². The molecule has 0 unspecified atom stereocenters. The maximum Gasteiger partial charge on any atom is 0.269 e. The first-order chi connectivity index (χ1) is 7.91. The van der Waals surface area contributed by atoms with Gasteiger partial charge in [0.05, 0.1) is 4.92 Å². The van der Waals surface area contributed by atoms with Gasteiger partial charge in [-0.2, -0.15) is 0 Å². The van der Waals surface area contributed by atoms with Crippen LogP contribution in [-0.4, -0.2) is 17.4 Å². The summed E-state index contributed by atoms with van der Waals surface area (Å²) in [4.78, 5) is 21.9. The largest absolute Gasteiger partial charge is 0.352 e. The highest BCUT2D eigenvalue weighted by Crippen LogP contribution is 2.16. The molecule has 1 aromatic rings. The first kappa shape index (κ1) is 13.2. The van der Waals surface area contributed by atoms with Crippen LogP contribution in [0.1, 0.15) is 29.8 Å². The molecule has 0 spiro atoms. The standard InChI is InChI=1S/C12H16N2O3/c1-8(2)7-13-12(15)11-5-4-10(14(16)17)6-9(11)3/h4-6,8H,7H2,1-3H3,(H,13,15). The Morgan fingerprint density at radius 1 is 1.47 bits per heavy atom. The first-order valence-electron chi connectivity index (χ1n) is 5.45. The van der Waals surface area contributed by atoms with E-state index in [1.54, 1.807) is 6.92 Å². The van der Waals surface area contributed by atoms with Crippen molar-refractivity contribution < 1.29 is 9.72 Å². The number of rotatable bonds is 4. The highest BCUT2D eigenvalue weighted by molar-refractivity contribution is 5.95. The Morgan fingerprint density at radius 3 is 2.59 bits per heavy atom. The Morgan fingerprint density at radius 2 is 2.12 bits per heavy atom. The van der Waals surface area contributed by atoms with Crippen molar-refractivity contribution >= 4 is 11.6 Å². The van der Waals surface area contributed by atoms with Crippen LogP contribution in [0.5, 0.6) is 0 Å². The number of aryl methyl sites for hydroxylation is 1. The Balaban J connectivity index is 2.85. The summed E-state index contributed by atoms with van der Waals surface area (Å²) in [5, 5.41) is 13.3. The fourth-order valence-electron chi connectivity index (χ4n) is 1.41. The summed E-state index contributed by atoms with van der Waals surface area (Å²) in [5.74, 6) is 0.184. The van der Waals surface area contributed by atoms with Gasteiger partial charge in [-0.3, -0.25) is 14.9 Å². The number of hydrogen-bond donors (Lipinski definition) is 1. The zero-order valence-corrected chi connectivity index (χ0v) is 10.2. The van der Waals surface area contributed by atoms with E-state index in [4.69, 9.17) is 0 Å². The van der Waals surface area contributed by atoms with Crippen molar-refractivity contribution in [3.8, 4) is 0 Å². The Hall–Kier alpha value is -1.91. The van der Waals surface area contributed by atoms with Crippen molar-refractivity contribution in [1.82, 2.24) is 5.32 Å². The smallest absolute Gasteiger partial charge is 0.269 e. The minimum absolute atomic E-state index is 0.00269. The van der Waals surface area contributed by atoms with Gasteiger partial charge < -0.3 is 5.32 Å². The van der Waals surface area contributed by atoms with Crippen LogP contribution in [0.3, 0.4) is 0 Å². The number of amides is 1. The van der Waals surface area contributed by atoms with Crippen molar-refractivity contribution in [3.63, 3.8) is 0 Å². The SMILES string of the molecule is Cc1cc([N+](=O)[O-])ccc1C(=O)NCC(C)C. The lowest BCUT2D eigenvalue weighted by atomic mass is 10.1. The lowest BCUT2D eigenvalue weighted by Gasteiger charge is -2.09. The lowest BCUT2D eigenvalue weighted by molar-refractivity contribution is -0.384. The van der Waals surface area contributed by atoms with Gasteiger partial charge in [-0.1, -0.05) is 13.8 Å². The number of nitrogens with zero attached hydrogens (tertiary/aromatic N) is 1. The molecule has 0 radical (unpaired) electrons. The molecule has 0 aromatic heterocycles. The van der Waals surface area contributed by atoms with E-state index in [-0.39, 0.29) is 11.6 Å². The number of hydrogen-bond acceptors (Lipinski definition) is 3. The van der Waals surface area contributed by atoms with Crippen LogP contribution in [0.4, 0.5) is 5.69 Å². The van der Waals surface area contributed by atoms with E-state index in [9.17, 15) is 14.9 Å². The average molecular weight is 236 g/mol. The fourth-order valence-corrected chi connectivity index (χ4v) is 1.41. The molecule has 1 aromatic carbocycles. The molecule has 0 fully saturated rings. The molecule has 0 heterocycles. The highest BCUT2D eigenvalue weighted by Gasteiger charge is 2.13. The number of carbonyl (C=O) groups excluding carboxylic acids is 1. The molecule has 5 nitrogen and oxygen atoms in total. The molecular weight excluding hydrogens is 220 g/mol. The van der Waals surface area contributed by atoms with Gasteiger partial charge in [-0.15, -0.1) is 0 Å². The maximum atomic E-state index is 11.8. The molecule has 1 N–H and O–H groups in total. The molecule has 0 aliphatic heterocycles. The van der Waals surface area contributed by atoms with Gasteiger partial charge in [-0.25, -0.2) is 0 Å². The monoisotopic (exact) mass is 236 g/mol. The molecule has 92 valence electrons. The molecule has 0 bridgehead atoms.